The molecule has 0 heterocycles. The molecule has 1 atom stereocenters. The molecule has 16 heavy (non-hydrogen) atoms. The lowest BCUT2D eigenvalue weighted by molar-refractivity contribution is 0.127. The highest BCUT2D eigenvalue weighted by Crippen LogP contribution is 2.34. The van der Waals surface area contributed by atoms with E-state index in [0.717, 1.165) is 13.2 Å². The second-order valence-electron chi connectivity index (χ2n) is 5.30. The van der Waals surface area contributed by atoms with E-state index in [4.69, 9.17) is 4.74 Å². The molecular weight excluding hydrogens is 198 g/mol. The Kier molecular flexibility index (Phi) is 3.31. The van der Waals surface area contributed by atoms with E-state index in [1.54, 1.807) is 7.11 Å². The van der Waals surface area contributed by atoms with Crippen LogP contribution in [-0.4, -0.2) is 25.8 Å². The molecule has 2 heteroatoms. The molecule has 1 N–H and O–H groups in total. The van der Waals surface area contributed by atoms with Gasteiger partial charge in [0.15, 0.2) is 0 Å². The van der Waals surface area contributed by atoms with E-state index in [-0.39, 0.29) is 5.54 Å². The van der Waals surface area contributed by atoms with Gasteiger partial charge in [0.2, 0.25) is 0 Å². The number of nitrogens with one attached hydrogen (secondary N) is 1. The molecular formula is C14H21NO. The Morgan fingerprint density at radius 3 is 2.81 bits per heavy atom. The van der Waals surface area contributed by atoms with Gasteiger partial charge in [-0.05, 0) is 31.4 Å². The number of benzene rings is 1. The number of hydrogen-bond donors (Lipinski definition) is 1. The van der Waals surface area contributed by atoms with Crippen molar-refractivity contribution in [1.29, 1.82) is 0 Å². The number of methoxy groups -OCH3 is 1. The molecule has 1 aromatic rings. The Morgan fingerprint density at radius 2 is 2.12 bits per heavy atom. The summed E-state index contributed by atoms with van der Waals surface area (Å²) in [4.78, 5) is 0. The van der Waals surface area contributed by atoms with Gasteiger partial charge >= 0.3 is 0 Å². The minimum Gasteiger partial charge on any atom is -0.383 e. The lowest BCUT2D eigenvalue weighted by Crippen LogP contribution is -2.46. The van der Waals surface area contributed by atoms with Crippen molar-refractivity contribution in [3.05, 3.63) is 35.4 Å². The van der Waals surface area contributed by atoms with Crippen molar-refractivity contribution in [2.24, 2.45) is 0 Å². The average molecular weight is 219 g/mol. The maximum absolute atomic E-state index is 5.20. The topological polar surface area (TPSA) is 21.3 Å². The normalized spacial score (nSPS) is 19.1. The summed E-state index contributed by atoms with van der Waals surface area (Å²) in [5.74, 6) is 0.687. The van der Waals surface area contributed by atoms with Gasteiger partial charge in [0.25, 0.3) is 0 Å². The second kappa shape index (κ2) is 4.56. The highest BCUT2D eigenvalue weighted by atomic mass is 16.5. The average Bonchev–Trinajstić information content (AvgIpc) is 2.19. The Labute approximate surface area is 98.0 Å². The Hall–Kier alpha value is -0.860. The van der Waals surface area contributed by atoms with Crippen LogP contribution in [0.3, 0.4) is 0 Å². The summed E-state index contributed by atoms with van der Waals surface area (Å²) in [5.41, 5.74) is 3.10. The largest absolute Gasteiger partial charge is 0.383 e. The second-order valence-corrected chi connectivity index (χ2v) is 5.30. The van der Waals surface area contributed by atoms with Gasteiger partial charge in [0, 0.05) is 25.1 Å². The first-order valence-electron chi connectivity index (χ1n) is 5.94. The highest BCUT2D eigenvalue weighted by molar-refractivity contribution is 5.40. The third-order valence-corrected chi connectivity index (χ3v) is 3.29. The molecule has 0 aliphatic heterocycles. The zero-order valence-electron chi connectivity index (χ0n) is 10.4. The van der Waals surface area contributed by atoms with Crippen LogP contribution in [-0.2, 0) is 11.2 Å². The van der Waals surface area contributed by atoms with Crippen LogP contribution >= 0.6 is 0 Å². The first-order chi connectivity index (χ1) is 7.62. The van der Waals surface area contributed by atoms with Crippen molar-refractivity contribution in [3.63, 3.8) is 0 Å². The molecule has 0 bridgehead atoms. The molecule has 1 aliphatic rings. The van der Waals surface area contributed by atoms with Crippen molar-refractivity contribution < 1.29 is 4.74 Å². The number of rotatable bonds is 5. The predicted molar refractivity (Wildman–Crippen MR) is 66.8 cm³/mol. The first-order valence-corrected chi connectivity index (χ1v) is 5.94. The van der Waals surface area contributed by atoms with Crippen LogP contribution in [0.25, 0.3) is 0 Å². The molecule has 0 spiro atoms. The van der Waals surface area contributed by atoms with E-state index in [1.165, 1.54) is 17.5 Å². The third-order valence-electron chi connectivity index (χ3n) is 3.29. The van der Waals surface area contributed by atoms with E-state index in [0.29, 0.717) is 5.92 Å². The van der Waals surface area contributed by atoms with Crippen molar-refractivity contribution in [1.82, 2.24) is 5.32 Å². The first kappa shape index (κ1) is 11.6. The van der Waals surface area contributed by atoms with Crippen LogP contribution in [0.1, 0.15) is 30.9 Å². The minimum absolute atomic E-state index is 0.0687. The summed E-state index contributed by atoms with van der Waals surface area (Å²) in [6.45, 7) is 6.16. The van der Waals surface area contributed by atoms with E-state index in [1.807, 2.05) is 0 Å². The standard InChI is InChI=1S/C14H21NO/c1-14(2,10-16-3)15-9-12-8-11-6-4-5-7-13(11)12/h4-7,12,15H,8-10H2,1-3H3. The number of ether oxygens (including phenoxy) is 1. The van der Waals surface area contributed by atoms with Gasteiger partial charge in [-0.2, -0.15) is 0 Å². The summed E-state index contributed by atoms with van der Waals surface area (Å²) in [7, 11) is 1.75. The van der Waals surface area contributed by atoms with Crippen LogP contribution in [0.4, 0.5) is 0 Å². The maximum Gasteiger partial charge on any atom is 0.0639 e. The predicted octanol–water partition coefficient (Wildman–Crippen LogP) is 2.34. The smallest absolute Gasteiger partial charge is 0.0639 e. The molecule has 0 saturated carbocycles. The van der Waals surface area contributed by atoms with Gasteiger partial charge in [0.1, 0.15) is 0 Å². The van der Waals surface area contributed by atoms with Crippen LogP contribution in [0, 0.1) is 0 Å². The minimum atomic E-state index is 0.0687. The number of hydrogen-bond acceptors (Lipinski definition) is 2. The Balaban J connectivity index is 1.86. The quantitative estimate of drug-likeness (QED) is 0.820. The maximum atomic E-state index is 5.20. The van der Waals surface area contributed by atoms with Crippen molar-refractivity contribution in [2.45, 2.75) is 31.7 Å². The summed E-state index contributed by atoms with van der Waals surface area (Å²) >= 11 is 0. The van der Waals surface area contributed by atoms with Gasteiger partial charge in [-0.25, -0.2) is 0 Å². The molecule has 1 unspecified atom stereocenters. The lowest BCUT2D eigenvalue weighted by atomic mass is 9.77. The molecule has 2 nitrogen and oxygen atoms in total. The fourth-order valence-corrected chi connectivity index (χ4v) is 2.36. The molecule has 0 saturated heterocycles. The van der Waals surface area contributed by atoms with Crippen molar-refractivity contribution in [3.8, 4) is 0 Å². The van der Waals surface area contributed by atoms with Gasteiger partial charge in [-0.3, -0.25) is 0 Å². The van der Waals surface area contributed by atoms with Crippen LogP contribution in [0.2, 0.25) is 0 Å². The summed E-state index contributed by atoms with van der Waals surface area (Å²) in [6.07, 6.45) is 1.21. The van der Waals surface area contributed by atoms with Crippen LogP contribution < -0.4 is 5.32 Å². The molecule has 1 aromatic carbocycles. The van der Waals surface area contributed by atoms with Gasteiger partial charge in [-0.1, -0.05) is 24.3 Å². The molecule has 0 fully saturated rings. The molecule has 0 aromatic heterocycles. The lowest BCUT2D eigenvalue weighted by Gasteiger charge is -2.34. The van der Waals surface area contributed by atoms with Crippen molar-refractivity contribution >= 4 is 0 Å². The van der Waals surface area contributed by atoms with Crippen molar-refractivity contribution in [2.75, 3.05) is 20.3 Å². The number of fused-ring (bicyclic) bond motifs is 1. The van der Waals surface area contributed by atoms with Gasteiger partial charge in [0.05, 0.1) is 6.61 Å². The third kappa shape index (κ3) is 2.45. The fraction of sp³-hybridized carbons (Fsp3) is 0.571. The van der Waals surface area contributed by atoms with Gasteiger partial charge < -0.3 is 10.1 Å². The van der Waals surface area contributed by atoms with Crippen LogP contribution in [0.15, 0.2) is 24.3 Å². The van der Waals surface area contributed by atoms with E-state index in [9.17, 15) is 0 Å². The molecule has 0 amide bonds. The summed E-state index contributed by atoms with van der Waals surface area (Å²) in [5, 5.41) is 3.58. The van der Waals surface area contributed by atoms with E-state index < -0.39 is 0 Å². The molecule has 88 valence electrons. The Bertz CT molecular complexity index is 360. The molecule has 0 radical (unpaired) electrons. The Morgan fingerprint density at radius 1 is 1.38 bits per heavy atom. The fourth-order valence-electron chi connectivity index (χ4n) is 2.36. The zero-order valence-corrected chi connectivity index (χ0v) is 10.4. The zero-order chi connectivity index (χ0) is 11.6. The summed E-state index contributed by atoms with van der Waals surface area (Å²) < 4.78 is 5.20. The summed E-state index contributed by atoms with van der Waals surface area (Å²) in [6, 6.07) is 8.73. The monoisotopic (exact) mass is 219 g/mol. The molecule has 1 aliphatic carbocycles. The SMILES string of the molecule is COCC(C)(C)NCC1Cc2ccccc21. The molecule has 2 rings (SSSR count). The van der Waals surface area contributed by atoms with E-state index in [2.05, 4.69) is 43.4 Å². The highest BCUT2D eigenvalue weighted by Gasteiger charge is 2.27. The van der Waals surface area contributed by atoms with Crippen LogP contribution in [0.5, 0.6) is 0 Å². The van der Waals surface area contributed by atoms with Gasteiger partial charge in [-0.15, -0.1) is 0 Å². The van der Waals surface area contributed by atoms with E-state index >= 15 is 0 Å².